The topological polar surface area (TPSA) is 89.2 Å². The summed E-state index contributed by atoms with van der Waals surface area (Å²) in [6.45, 7) is 7.32. The standard InChI is InChI=1S/C20H23ClN4O4/c1-3-23-8-10-24(11-9-23)17-6-5-15(13-16(17)21)22-20(26)14-4-7-19(29-2)18(12-14)25(27)28/h4-7,12-13H,3,8-11H2,1-2H3,(H,22,26)/p+1. The largest absolute Gasteiger partial charge is 0.490 e. The molecule has 0 unspecified atom stereocenters. The number of rotatable bonds is 6. The van der Waals surface area contributed by atoms with E-state index in [-0.39, 0.29) is 17.0 Å². The first kappa shape index (κ1) is 20.9. The highest BCUT2D eigenvalue weighted by molar-refractivity contribution is 6.33. The second kappa shape index (κ2) is 9.11. The molecular weight excluding hydrogens is 396 g/mol. The lowest BCUT2D eigenvalue weighted by Gasteiger charge is -2.33. The van der Waals surface area contributed by atoms with Crippen LogP contribution in [0.3, 0.4) is 0 Å². The summed E-state index contributed by atoms with van der Waals surface area (Å²) in [7, 11) is 1.34. The third-order valence-corrected chi connectivity index (χ3v) is 5.46. The quantitative estimate of drug-likeness (QED) is 0.553. The zero-order valence-corrected chi connectivity index (χ0v) is 17.2. The van der Waals surface area contributed by atoms with Gasteiger partial charge in [0.15, 0.2) is 5.75 Å². The van der Waals surface area contributed by atoms with E-state index in [9.17, 15) is 14.9 Å². The zero-order chi connectivity index (χ0) is 21.0. The molecule has 2 aromatic rings. The Kier molecular flexibility index (Phi) is 6.56. The van der Waals surface area contributed by atoms with E-state index in [2.05, 4.69) is 17.1 Å². The number of nitrogens with one attached hydrogen (secondary N) is 2. The van der Waals surface area contributed by atoms with Crippen molar-refractivity contribution in [2.75, 3.05) is 50.1 Å². The average Bonchev–Trinajstić information content (AvgIpc) is 2.73. The molecule has 0 atom stereocenters. The number of anilines is 2. The van der Waals surface area contributed by atoms with Gasteiger partial charge in [-0.15, -0.1) is 0 Å². The van der Waals surface area contributed by atoms with Crippen molar-refractivity contribution in [1.82, 2.24) is 0 Å². The molecule has 8 nitrogen and oxygen atoms in total. The number of amides is 1. The molecule has 1 saturated heterocycles. The molecule has 0 bridgehead atoms. The monoisotopic (exact) mass is 419 g/mol. The van der Waals surface area contributed by atoms with Crippen LogP contribution in [0.4, 0.5) is 17.1 Å². The van der Waals surface area contributed by atoms with Crippen molar-refractivity contribution in [3.63, 3.8) is 0 Å². The summed E-state index contributed by atoms with van der Waals surface area (Å²) in [5.41, 5.74) is 1.37. The predicted molar refractivity (Wildman–Crippen MR) is 113 cm³/mol. The van der Waals surface area contributed by atoms with Crippen molar-refractivity contribution in [2.45, 2.75) is 6.92 Å². The molecule has 0 aromatic heterocycles. The summed E-state index contributed by atoms with van der Waals surface area (Å²) >= 11 is 6.46. The first-order valence-corrected chi connectivity index (χ1v) is 9.82. The number of methoxy groups -OCH3 is 1. The summed E-state index contributed by atoms with van der Waals surface area (Å²) < 4.78 is 4.96. The molecule has 1 amide bonds. The molecule has 0 radical (unpaired) electrons. The Balaban J connectivity index is 1.72. The van der Waals surface area contributed by atoms with Gasteiger partial charge < -0.3 is 19.9 Å². The fourth-order valence-corrected chi connectivity index (χ4v) is 3.74. The van der Waals surface area contributed by atoms with E-state index in [1.165, 1.54) is 25.3 Å². The van der Waals surface area contributed by atoms with E-state index < -0.39 is 10.8 Å². The van der Waals surface area contributed by atoms with E-state index in [0.717, 1.165) is 38.4 Å². The Bertz CT molecular complexity index is 913. The second-order valence-corrected chi connectivity index (χ2v) is 7.26. The van der Waals surface area contributed by atoms with Crippen LogP contribution in [-0.4, -0.2) is 50.7 Å². The number of carbonyl (C=O) groups excluding carboxylic acids is 1. The number of quaternary nitrogens is 1. The van der Waals surface area contributed by atoms with Crippen LogP contribution in [0.25, 0.3) is 0 Å². The highest BCUT2D eigenvalue weighted by Gasteiger charge is 2.21. The number of nitro benzene ring substituents is 1. The smallest absolute Gasteiger partial charge is 0.311 e. The molecule has 0 spiro atoms. The van der Waals surface area contributed by atoms with Crippen LogP contribution in [0.5, 0.6) is 5.75 Å². The summed E-state index contributed by atoms with van der Waals surface area (Å²) in [6, 6.07) is 9.46. The summed E-state index contributed by atoms with van der Waals surface area (Å²) in [5.74, 6) is -0.358. The Morgan fingerprint density at radius 3 is 2.59 bits per heavy atom. The van der Waals surface area contributed by atoms with Crippen LogP contribution in [-0.2, 0) is 0 Å². The molecule has 0 aliphatic carbocycles. The van der Waals surface area contributed by atoms with Gasteiger partial charge in [-0.25, -0.2) is 0 Å². The van der Waals surface area contributed by atoms with Crippen LogP contribution < -0.4 is 19.9 Å². The number of likely N-dealkylation sites (N-methyl/N-ethyl adjacent to an activating group) is 1. The molecule has 3 rings (SSSR count). The SMILES string of the molecule is CC[NH+]1CCN(c2ccc(NC(=O)c3ccc(OC)c([N+](=O)[O-])c3)cc2Cl)CC1. The molecule has 29 heavy (non-hydrogen) atoms. The van der Waals surface area contributed by atoms with Gasteiger partial charge in [0.25, 0.3) is 5.91 Å². The number of ether oxygens (including phenoxy) is 1. The lowest BCUT2D eigenvalue weighted by Crippen LogP contribution is -3.14. The van der Waals surface area contributed by atoms with Crippen molar-refractivity contribution >= 4 is 34.6 Å². The number of benzene rings is 2. The van der Waals surface area contributed by atoms with Gasteiger partial charge in [0.05, 0.1) is 55.5 Å². The van der Waals surface area contributed by atoms with Gasteiger partial charge in [0, 0.05) is 17.3 Å². The van der Waals surface area contributed by atoms with Crippen LogP contribution in [0.1, 0.15) is 17.3 Å². The van der Waals surface area contributed by atoms with Gasteiger partial charge in [-0.05, 0) is 37.3 Å². The Morgan fingerprint density at radius 2 is 2.00 bits per heavy atom. The van der Waals surface area contributed by atoms with Crippen molar-refractivity contribution in [1.29, 1.82) is 0 Å². The van der Waals surface area contributed by atoms with E-state index >= 15 is 0 Å². The summed E-state index contributed by atoms with van der Waals surface area (Å²) in [4.78, 5) is 26.9. The molecule has 9 heteroatoms. The third kappa shape index (κ3) is 4.78. The maximum absolute atomic E-state index is 12.5. The van der Waals surface area contributed by atoms with Crippen LogP contribution in [0, 0.1) is 10.1 Å². The van der Waals surface area contributed by atoms with E-state index in [0.29, 0.717) is 10.7 Å². The number of hydrogen-bond acceptors (Lipinski definition) is 5. The zero-order valence-electron chi connectivity index (χ0n) is 16.4. The molecule has 1 heterocycles. The minimum atomic E-state index is -0.582. The molecule has 1 aliphatic rings. The fraction of sp³-hybridized carbons (Fsp3) is 0.350. The van der Waals surface area contributed by atoms with Crippen molar-refractivity contribution in [2.24, 2.45) is 0 Å². The van der Waals surface area contributed by atoms with Crippen molar-refractivity contribution < 1.29 is 19.4 Å². The number of nitrogens with zero attached hydrogens (tertiary/aromatic N) is 2. The molecule has 154 valence electrons. The number of nitro groups is 1. The second-order valence-electron chi connectivity index (χ2n) is 6.85. The Morgan fingerprint density at radius 1 is 1.28 bits per heavy atom. The lowest BCUT2D eigenvalue weighted by atomic mass is 10.1. The van der Waals surface area contributed by atoms with Gasteiger partial charge in [0.2, 0.25) is 0 Å². The molecule has 2 N–H and O–H groups in total. The van der Waals surface area contributed by atoms with Gasteiger partial charge in [-0.3, -0.25) is 14.9 Å². The molecule has 0 saturated carbocycles. The Hall–Kier alpha value is -2.84. The Labute approximate surface area is 174 Å². The van der Waals surface area contributed by atoms with E-state index in [1.54, 1.807) is 17.0 Å². The number of halogens is 1. The number of hydrogen-bond donors (Lipinski definition) is 2. The molecular formula is C20H24ClN4O4+. The normalized spacial score (nSPS) is 14.5. The van der Waals surface area contributed by atoms with Crippen LogP contribution >= 0.6 is 11.6 Å². The summed E-state index contributed by atoms with van der Waals surface area (Å²) in [5, 5.41) is 14.5. The number of piperazine rings is 1. The maximum Gasteiger partial charge on any atom is 0.311 e. The van der Waals surface area contributed by atoms with Gasteiger partial charge in [0.1, 0.15) is 0 Å². The fourth-order valence-electron chi connectivity index (χ4n) is 3.44. The predicted octanol–water partition coefficient (Wildman–Crippen LogP) is 2.23. The molecule has 2 aromatic carbocycles. The first-order chi connectivity index (χ1) is 13.9. The van der Waals surface area contributed by atoms with Gasteiger partial charge in [-0.1, -0.05) is 11.6 Å². The third-order valence-electron chi connectivity index (χ3n) is 5.15. The maximum atomic E-state index is 12.5. The van der Waals surface area contributed by atoms with E-state index in [4.69, 9.17) is 16.3 Å². The minimum Gasteiger partial charge on any atom is -0.490 e. The van der Waals surface area contributed by atoms with Crippen molar-refractivity contribution in [3.8, 4) is 5.75 Å². The van der Waals surface area contributed by atoms with Crippen LogP contribution in [0.15, 0.2) is 36.4 Å². The van der Waals surface area contributed by atoms with Crippen LogP contribution in [0.2, 0.25) is 5.02 Å². The molecule has 1 aliphatic heterocycles. The van der Waals surface area contributed by atoms with Gasteiger partial charge in [-0.2, -0.15) is 0 Å². The van der Waals surface area contributed by atoms with E-state index in [1.807, 2.05) is 6.07 Å². The minimum absolute atomic E-state index is 0.101. The van der Waals surface area contributed by atoms with Crippen molar-refractivity contribution in [3.05, 3.63) is 57.1 Å². The first-order valence-electron chi connectivity index (χ1n) is 9.44. The van der Waals surface area contributed by atoms with Gasteiger partial charge >= 0.3 is 5.69 Å². The molecule has 1 fully saturated rings. The summed E-state index contributed by atoms with van der Waals surface area (Å²) in [6.07, 6.45) is 0. The highest BCUT2D eigenvalue weighted by Crippen LogP contribution is 2.30. The number of carbonyl (C=O) groups is 1. The highest BCUT2D eigenvalue weighted by atomic mass is 35.5. The lowest BCUT2D eigenvalue weighted by molar-refractivity contribution is -0.898. The average molecular weight is 420 g/mol.